The molecule has 0 aliphatic rings. The van der Waals surface area contributed by atoms with Crippen LogP contribution in [-0.2, 0) is 4.57 Å². The van der Waals surface area contributed by atoms with Crippen LogP contribution < -0.4 is 21.6 Å². The topological polar surface area (TPSA) is 43.1 Å². The van der Waals surface area contributed by atoms with Crippen LogP contribution in [0.15, 0.2) is 133 Å². The third-order valence-electron chi connectivity index (χ3n) is 5.91. The Morgan fingerprint density at radius 2 is 0.943 bits per heavy atom. The first-order valence-corrected chi connectivity index (χ1v) is 13.1. The van der Waals surface area contributed by atoms with E-state index in [0.717, 1.165) is 32.1 Å². The Balaban J connectivity index is 0.000000192. The van der Waals surface area contributed by atoms with Crippen molar-refractivity contribution in [1.29, 1.82) is 0 Å². The Morgan fingerprint density at radius 3 is 1.51 bits per heavy atom. The lowest BCUT2D eigenvalue weighted by atomic mass is 10.1. The van der Waals surface area contributed by atoms with E-state index < -0.39 is 7.14 Å². The standard InChI is InChI=1S/C22H16OP.C10H8N/c23-24(20-11-3-1-4-12-20,21-13-5-2-6-14-21)22-16-15-18-9-7-8-10-19(18)17-22;11-10-6-5-8-3-1-2-4-9(8)7-10/h1-16H;1-6H,11H2. The first kappa shape index (κ1) is 22.7. The molecule has 0 saturated carbocycles. The minimum absolute atomic E-state index is 0.698. The summed E-state index contributed by atoms with van der Waals surface area (Å²) >= 11 is 0. The van der Waals surface area contributed by atoms with Crippen LogP contribution in [0.5, 0.6) is 0 Å². The van der Waals surface area contributed by atoms with E-state index in [4.69, 9.17) is 5.73 Å². The fourth-order valence-electron chi connectivity index (χ4n) is 4.12. The zero-order chi connectivity index (χ0) is 24.1. The summed E-state index contributed by atoms with van der Waals surface area (Å²) in [7, 11) is -2.94. The molecular formula is C32H24NOP. The Bertz CT molecular complexity index is 1580. The molecule has 0 atom stereocenters. The van der Waals surface area contributed by atoms with Crippen molar-refractivity contribution in [3.05, 3.63) is 146 Å². The highest BCUT2D eigenvalue weighted by molar-refractivity contribution is 7.85. The molecule has 168 valence electrons. The van der Waals surface area contributed by atoms with Gasteiger partial charge < -0.3 is 10.3 Å². The zero-order valence-corrected chi connectivity index (χ0v) is 20.0. The van der Waals surface area contributed by atoms with E-state index in [0.29, 0.717) is 5.69 Å². The second-order valence-corrected chi connectivity index (χ2v) is 10.9. The first-order valence-electron chi connectivity index (χ1n) is 11.4. The molecule has 6 aromatic rings. The van der Waals surface area contributed by atoms with Gasteiger partial charge in [-0.3, -0.25) is 0 Å². The van der Waals surface area contributed by atoms with E-state index in [1.807, 2.05) is 133 Å². The minimum Gasteiger partial charge on any atom is -0.398 e. The third-order valence-corrected chi connectivity index (χ3v) is 8.90. The molecule has 6 aromatic carbocycles. The molecule has 0 aliphatic carbocycles. The smallest absolute Gasteiger partial charge is 0.171 e. The third kappa shape index (κ3) is 4.75. The largest absolute Gasteiger partial charge is 0.398 e. The summed E-state index contributed by atoms with van der Waals surface area (Å²) in [5, 5.41) is 6.77. The fraction of sp³-hybridized carbons (Fsp3) is 0. The number of fused-ring (bicyclic) bond motifs is 2. The molecule has 0 amide bonds. The Labute approximate surface area is 206 Å². The van der Waals surface area contributed by atoms with Crippen LogP contribution in [0.1, 0.15) is 0 Å². The van der Waals surface area contributed by atoms with E-state index >= 15 is 0 Å². The molecule has 0 bridgehead atoms. The molecule has 3 heteroatoms. The number of anilines is 1. The number of nitrogens with two attached hydrogens (primary N) is 1. The van der Waals surface area contributed by atoms with Crippen molar-refractivity contribution in [2.75, 3.05) is 5.73 Å². The monoisotopic (exact) mass is 469 g/mol. The predicted octanol–water partition coefficient (Wildman–Crippen LogP) is 6.50. The summed E-state index contributed by atoms with van der Waals surface area (Å²) in [5.74, 6) is 0. The molecule has 2 nitrogen and oxygen atoms in total. The molecule has 0 aliphatic heterocycles. The lowest BCUT2D eigenvalue weighted by Crippen LogP contribution is -2.25. The summed E-state index contributed by atoms with van der Waals surface area (Å²) in [6, 6.07) is 49.8. The maximum absolute atomic E-state index is 14.2. The molecule has 0 aromatic heterocycles. The molecule has 0 fully saturated rings. The van der Waals surface area contributed by atoms with Gasteiger partial charge in [0.05, 0.1) is 0 Å². The van der Waals surface area contributed by atoms with E-state index in [2.05, 4.69) is 12.1 Å². The highest BCUT2D eigenvalue weighted by Crippen LogP contribution is 2.42. The maximum Gasteiger partial charge on any atom is 0.171 e. The van der Waals surface area contributed by atoms with Gasteiger partial charge in [-0.2, -0.15) is 0 Å². The molecule has 2 radical (unpaired) electrons. The van der Waals surface area contributed by atoms with Crippen LogP contribution >= 0.6 is 7.14 Å². The average molecular weight is 470 g/mol. The number of benzene rings is 6. The maximum atomic E-state index is 14.2. The molecule has 0 saturated heterocycles. The molecular weight excluding hydrogens is 445 g/mol. The van der Waals surface area contributed by atoms with Crippen LogP contribution in [0, 0.1) is 12.1 Å². The van der Waals surface area contributed by atoms with Gasteiger partial charge in [-0.15, -0.1) is 0 Å². The van der Waals surface area contributed by atoms with Crippen LogP contribution in [0.25, 0.3) is 21.5 Å². The van der Waals surface area contributed by atoms with Crippen LogP contribution in [0.4, 0.5) is 5.69 Å². The highest BCUT2D eigenvalue weighted by atomic mass is 31.2. The molecule has 0 spiro atoms. The summed E-state index contributed by atoms with van der Waals surface area (Å²) < 4.78 is 14.2. The van der Waals surface area contributed by atoms with Crippen LogP contribution in [-0.4, -0.2) is 0 Å². The van der Waals surface area contributed by atoms with Gasteiger partial charge in [-0.05, 0) is 33.7 Å². The Morgan fingerprint density at radius 1 is 0.486 bits per heavy atom. The van der Waals surface area contributed by atoms with E-state index in [9.17, 15) is 4.57 Å². The second kappa shape index (κ2) is 10.0. The van der Waals surface area contributed by atoms with Gasteiger partial charge in [0.15, 0.2) is 7.14 Å². The molecule has 35 heavy (non-hydrogen) atoms. The van der Waals surface area contributed by atoms with Crippen molar-refractivity contribution >= 4 is 50.3 Å². The Hall–Kier alpha value is -4.13. The lowest BCUT2D eigenvalue weighted by Gasteiger charge is -2.20. The minimum atomic E-state index is -2.94. The SMILES string of the molecule is Nc1[c]c2ccccc2cc1.O=P(c1[c]c2ccccc2cc1)(c1ccccc1)c1ccccc1. The molecule has 6 rings (SSSR count). The number of hydrogen-bond acceptors (Lipinski definition) is 2. The predicted molar refractivity (Wildman–Crippen MR) is 149 cm³/mol. The molecule has 0 heterocycles. The van der Waals surface area contributed by atoms with Crippen molar-refractivity contribution in [1.82, 2.24) is 0 Å². The van der Waals surface area contributed by atoms with Crippen molar-refractivity contribution in [3.63, 3.8) is 0 Å². The van der Waals surface area contributed by atoms with Gasteiger partial charge in [-0.1, -0.05) is 121 Å². The molecule has 2 N–H and O–H groups in total. The number of nitrogen functional groups attached to an aromatic ring is 1. The highest BCUT2D eigenvalue weighted by Gasteiger charge is 2.29. The fourth-order valence-corrected chi connectivity index (χ4v) is 6.73. The summed E-state index contributed by atoms with van der Waals surface area (Å²) in [4.78, 5) is 0. The van der Waals surface area contributed by atoms with Crippen molar-refractivity contribution in [2.45, 2.75) is 0 Å². The quantitative estimate of drug-likeness (QED) is 0.237. The van der Waals surface area contributed by atoms with Crippen LogP contribution in [0.3, 0.4) is 0 Å². The van der Waals surface area contributed by atoms with Gasteiger partial charge in [0.1, 0.15) is 0 Å². The summed E-state index contributed by atoms with van der Waals surface area (Å²) in [6.07, 6.45) is 0. The summed E-state index contributed by atoms with van der Waals surface area (Å²) in [6.45, 7) is 0. The van der Waals surface area contributed by atoms with Crippen molar-refractivity contribution < 1.29 is 4.57 Å². The molecule has 0 unspecified atom stereocenters. The lowest BCUT2D eigenvalue weighted by molar-refractivity contribution is 0.592. The van der Waals surface area contributed by atoms with Crippen LogP contribution in [0.2, 0.25) is 0 Å². The van der Waals surface area contributed by atoms with Gasteiger partial charge in [-0.25, -0.2) is 0 Å². The summed E-state index contributed by atoms with van der Waals surface area (Å²) in [5.41, 5.74) is 6.27. The van der Waals surface area contributed by atoms with Gasteiger partial charge in [0, 0.05) is 33.7 Å². The van der Waals surface area contributed by atoms with E-state index in [1.165, 1.54) is 5.39 Å². The van der Waals surface area contributed by atoms with Crippen molar-refractivity contribution in [2.24, 2.45) is 0 Å². The van der Waals surface area contributed by atoms with Gasteiger partial charge in [0.25, 0.3) is 0 Å². The Kier molecular flexibility index (Phi) is 6.48. The number of rotatable bonds is 3. The van der Waals surface area contributed by atoms with Gasteiger partial charge >= 0.3 is 0 Å². The van der Waals surface area contributed by atoms with Gasteiger partial charge in [0.2, 0.25) is 0 Å². The van der Waals surface area contributed by atoms with Crippen molar-refractivity contribution in [3.8, 4) is 0 Å². The number of hydrogen-bond donors (Lipinski definition) is 1. The normalized spacial score (nSPS) is 11.1. The zero-order valence-electron chi connectivity index (χ0n) is 19.1. The second-order valence-electron chi connectivity index (χ2n) is 8.21. The first-order chi connectivity index (χ1) is 17.1. The van der Waals surface area contributed by atoms with E-state index in [-0.39, 0.29) is 0 Å². The van der Waals surface area contributed by atoms with E-state index in [1.54, 1.807) is 0 Å². The average Bonchev–Trinajstić information content (AvgIpc) is 2.93.